The average Bonchev–Trinajstić information content (AvgIpc) is 2.40. The molecule has 2 rings (SSSR count). The molecule has 0 radical (unpaired) electrons. The summed E-state index contributed by atoms with van der Waals surface area (Å²) in [5.74, 6) is 0.170. The van der Waals surface area contributed by atoms with Crippen LogP contribution in [-0.2, 0) is 4.79 Å². The van der Waals surface area contributed by atoms with Crippen molar-refractivity contribution < 1.29 is 4.79 Å². The molecule has 2 fully saturated rings. The van der Waals surface area contributed by atoms with E-state index in [2.05, 4.69) is 41.3 Å². The van der Waals surface area contributed by atoms with E-state index in [-0.39, 0.29) is 17.4 Å². The Hall–Kier alpha value is -0.650. The molecule has 2 N–H and O–H groups in total. The summed E-state index contributed by atoms with van der Waals surface area (Å²) in [6.07, 6.45) is 2.29. The number of piperazine rings is 1. The first-order chi connectivity index (χ1) is 9.49. The SMILES string of the molecule is CN1CCN(CCNC(=O)C2NCCCC2(C)C)CC1. The third kappa shape index (κ3) is 4.17. The van der Waals surface area contributed by atoms with E-state index in [0.29, 0.717) is 0 Å². The van der Waals surface area contributed by atoms with Crippen molar-refractivity contribution in [2.45, 2.75) is 32.7 Å². The van der Waals surface area contributed by atoms with Crippen LogP contribution in [0.4, 0.5) is 0 Å². The highest BCUT2D eigenvalue weighted by Crippen LogP contribution is 2.29. The normalized spacial score (nSPS) is 28.2. The molecule has 5 heteroatoms. The van der Waals surface area contributed by atoms with Crippen LogP contribution in [0.1, 0.15) is 26.7 Å². The van der Waals surface area contributed by atoms with Crippen molar-refractivity contribution in [3.63, 3.8) is 0 Å². The largest absolute Gasteiger partial charge is 0.353 e. The lowest BCUT2D eigenvalue weighted by Gasteiger charge is -2.38. The summed E-state index contributed by atoms with van der Waals surface area (Å²) in [5, 5.41) is 6.48. The maximum atomic E-state index is 12.3. The molecule has 2 aliphatic heterocycles. The van der Waals surface area contributed by atoms with Gasteiger partial charge in [-0.3, -0.25) is 9.69 Å². The Morgan fingerprint density at radius 3 is 2.65 bits per heavy atom. The minimum Gasteiger partial charge on any atom is -0.353 e. The molecule has 2 heterocycles. The van der Waals surface area contributed by atoms with Crippen molar-refractivity contribution >= 4 is 5.91 Å². The highest BCUT2D eigenvalue weighted by molar-refractivity contribution is 5.82. The molecular weight excluding hydrogens is 252 g/mol. The maximum absolute atomic E-state index is 12.3. The molecule has 2 saturated heterocycles. The minimum atomic E-state index is -0.0382. The van der Waals surface area contributed by atoms with Crippen molar-refractivity contribution in [1.29, 1.82) is 0 Å². The van der Waals surface area contributed by atoms with Crippen LogP contribution in [0.25, 0.3) is 0 Å². The fourth-order valence-corrected chi connectivity index (χ4v) is 3.17. The maximum Gasteiger partial charge on any atom is 0.237 e. The zero-order chi connectivity index (χ0) is 14.6. The monoisotopic (exact) mass is 282 g/mol. The first-order valence-electron chi connectivity index (χ1n) is 7.91. The van der Waals surface area contributed by atoms with Gasteiger partial charge in [-0.25, -0.2) is 0 Å². The smallest absolute Gasteiger partial charge is 0.237 e. The molecule has 5 nitrogen and oxygen atoms in total. The highest BCUT2D eigenvalue weighted by Gasteiger charge is 2.36. The number of rotatable bonds is 4. The molecular formula is C15H30N4O. The van der Waals surface area contributed by atoms with Gasteiger partial charge in [-0.05, 0) is 31.8 Å². The second kappa shape index (κ2) is 6.87. The van der Waals surface area contributed by atoms with Gasteiger partial charge in [0, 0.05) is 39.3 Å². The number of nitrogens with one attached hydrogen (secondary N) is 2. The van der Waals surface area contributed by atoms with Crippen LogP contribution in [0.15, 0.2) is 0 Å². The average molecular weight is 282 g/mol. The number of hydrogen-bond donors (Lipinski definition) is 2. The molecule has 0 aromatic heterocycles. The molecule has 0 aliphatic carbocycles. The summed E-state index contributed by atoms with van der Waals surface area (Å²) < 4.78 is 0. The van der Waals surface area contributed by atoms with Crippen molar-refractivity contribution in [1.82, 2.24) is 20.4 Å². The lowest BCUT2D eigenvalue weighted by atomic mass is 9.77. The number of likely N-dealkylation sites (N-methyl/N-ethyl adjacent to an activating group) is 1. The molecule has 1 amide bonds. The van der Waals surface area contributed by atoms with Crippen LogP contribution in [0, 0.1) is 5.41 Å². The first kappa shape index (κ1) is 15.7. The second-order valence-electron chi connectivity index (χ2n) is 6.92. The van der Waals surface area contributed by atoms with Gasteiger partial charge in [0.05, 0.1) is 6.04 Å². The van der Waals surface area contributed by atoms with Gasteiger partial charge in [-0.1, -0.05) is 13.8 Å². The Bertz CT molecular complexity index is 324. The summed E-state index contributed by atoms with van der Waals surface area (Å²) in [4.78, 5) is 17.1. The third-order valence-electron chi connectivity index (χ3n) is 4.71. The number of amides is 1. The molecule has 20 heavy (non-hydrogen) atoms. The quantitative estimate of drug-likeness (QED) is 0.769. The Morgan fingerprint density at radius 1 is 1.30 bits per heavy atom. The fraction of sp³-hybridized carbons (Fsp3) is 0.933. The topological polar surface area (TPSA) is 47.6 Å². The number of piperidine rings is 1. The Labute approximate surface area is 123 Å². The third-order valence-corrected chi connectivity index (χ3v) is 4.71. The van der Waals surface area contributed by atoms with Gasteiger partial charge in [-0.15, -0.1) is 0 Å². The molecule has 0 spiro atoms. The predicted octanol–water partition coefficient (Wildman–Crippen LogP) is 0.128. The zero-order valence-electron chi connectivity index (χ0n) is 13.2. The Morgan fingerprint density at radius 2 is 2.00 bits per heavy atom. The Balaban J connectivity index is 1.69. The van der Waals surface area contributed by atoms with E-state index in [1.165, 1.54) is 0 Å². The van der Waals surface area contributed by atoms with Crippen LogP contribution in [0.2, 0.25) is 0 Å². The number of hydrogen-bond acceptors (Lipinski definition) is 4. The Kier molecular flexibility index (Phi) is 5.41. The second-order valence-corrected chi connectivity index (χ2v) is 6.92. The zero-order valence-corrected chi connectivity index (χ0v) is 13.2. The molecule has 2 aliphatic rings. The van der Waals surface area contributed by atoms with Gasteiger partial charge in [0.15, 0.2) is 0 Å². The van der Waals surface area contributed by atoms with Crippen molar-refractivity contribution in [3.8, 4) is 0 Å². The van der Waals surface area contributed by atoms with Gasteiger partial charge in [0.1, 0.15) is 0 Å². The van der Waals surface area contributed by atoms with Crippen LogP contribution < -0.4 is 10.6 Å². The number of nitrogens with zero attached hydrogens (tertiary/aromatic N) is 2. The van der Waals surface area contributed by atoms with E-state index in [4.69, 9.17) is 0 Å². The van der Waals surface area contributed by atoms with Gasteiger partial charge in [0.25, 0.3) is 0 Å². The standard InChI is InChI=1S/C15H30N4O/c1-15(2)5-4-6-16-13(15)14(20)17-7-8-19-11-9-18(3)10-12-19/h13,16H,4-12H2,1-3H3,(H,17,20). The van der Waals surface area contributed by atoms with E-state index < -0.39 is 0 Å². The van der Waals surface area contributed by atoms with Crippen LogP contribution in [-0.4, -0.2) is 74.6 Å². The van der Waals surface area contributed by atoms with E-state index in [1.807, 2.05) is 0 Å². The lowest BCUT2D eigenvalue weighted by Crippen LogP contribution is -2.56. The fourth-order valence-electron chi connectivity index (χ4n) is 3.17. The van der Waals surface area contributed by atoms with E-state index in [0.717, 1.165) is 58.7 Å². The molecule has 0 saturated carbocycles. The summed E-state index contributed by atoms with van der Waals surface area (Å²) in [6.45, 7) is 11.5. The van der Waals surface area contributed by atoms with Crippen LogP contribution in [0.5, 0.6) is 0 Å². The number of carbonyl (C=O) groups is 1. The predicted molar refractivity (Wildman–Crippen MR) is 81.8 cm³/mol. The molecule has 116 valence electrons. The molecule has 1 atom stereocenters. The van der Waals surface area contributed by atoms with Gasteiger partial charge in [0.2, 0.25) is 5.91 Å². The molecule has 0 aromatic carbocycles. The number of carbonyl (C=O) groups excluding carboxylic acids is 1. The van der Waals surface area contributed by atoms with E-state index >= 15 is 0 Å². The van der Waals surface area contributed by atoms with E-state index in [1.54, 1.807) is 0 Å². The van der Waals surface area contributed by atoms with Crippen molar-refractivity contribution in [2.75, 3.05) is 52.9 Å². The summed E-state index contributed by atoms with van der Waals surface area (Å²) in [6, 6.07) is -0.0382. The summed E-state index contributed by atoms with van der Waals surface area (Å²) in [7, 11) is 2.16. The minimum absolute atomic E-state index is 0.0382. The van der Waals surface area contributed by atoms with Gasteiger partial charge >= 0.3 is 0 Å². The first-order valence-corrected chi connectivity index (χ1v) is 7.91. The summed E-state index contributed by atoms with van der Waals surface area (Å²) in [5.41, 5.74) is 0.0656. The van der Waals surface area contributed by atoms with Gasteiger partial charge < -0.3 is 15.5 Å². The summed E-state index contributed by atoms with van der Waals surface area (Å²) >= 11 is 0. The van der Waals surface area contributed by atoms with Gasteiger partial charge in [-0.2, -0.15) is 0 Å². The van der Waals surface area contributed by atoms with Crippen molar-refractivity contribution in [3.05, 3.63) is 0 Å². The molecule has 0 aromatic rings. The van der Waals surface area contributed by atoms with Crippen molar-refractivity contribution in [2.24, 2.45) is 5.41 Å². The van der Waals surface area contributed by atoms with Crippen LogP contribution in [0.3, 0.4) is 0 Å². The lowest BCUT2D eigenvalue weighted by molar-refractivity contribution is -0.126. The van der Waals surface area contributed by atoms with Crippen LogP contribution >= 0.6 is 0 Å². The highest BCUT2D eigenvalue weighted by atomic mass is 16.2. The molecule has 1 unspecified atom stereocenters. The van der Waals surface area contributed by atoms with E-state index in [9.17, 15) is 4.79 Å². The molecule has 0 bridgehead atoms.